The van der Waals surface area contributed by atoms with Gasteiger partial charge >= 0.3 is 0 Å². The van der Waals surface area contributed by atoms with Crippen molar-refractivity contribution in [3.8, 4) is 0 Å². The molecule has 0 saturated carbocycles. The fourth-order valence-corrected chi connectivity index (χ4v) is 4.55. The molecule has 4 rings (SSSR count). The van der Waals surface area contributed by atoms with Crippen LogP contribution in [0.2, 0.25) is 5.02 Å². The van der Waals surface area contributed by atoms with Crippen LogP contribution < -0.4 is 10.7 Å². The van der Waals surface area contributed by atoms with E-state index >= 15 is 0 Å². The van der Waals surface area contributed by atoms with E-state index in [0.717, 1.165) is 12.5 Å². The van der Waals surface area contributed by atoms with Gasteiger partial charge in [-0.3, -0.25) is 4.90 Å². The van der Waals surface area contributed by atoms with Crippen LogP contribution in [0, 0.1) is 11.7 Å². The number of aliphatic hydroxyl groups is 3. The van der Waals surface area contributed by atoms with E-state index in [1.54, 1.807) is 7.05 Å². The monoisotopic (exact) mass is 441 g/mol. The smallest absolute Gasteiger partial charge is 0.156 e. The molecule has 5 N–H and O–H groups in total. The minimum Gasteiger partial charge on any atom is -0.386 e. The molecule has 7 atom stereocenters. The molecular weight excluding hydrogens is 417 g/mol. The summed E-state index contributed by atoms with van der Waals surface area (Å²) in [5, 5.41) is 39.9. The van der Waals surface area contributed by atoms with Gasteiger partial charge in [0.1, 0.15) is 36.0 Å². The highest BCUT2D eigenvalue weighted by molar-refractivity contribution is 6.30. The number of aliphatic hydroxyl groups excluding tert-OH is 2. The Kier molecular flexibility index (Phi) is 5.73. The summed E-state index contributed by atoms with van der Waals surface area (Å²) in [7, 11) is 1.69. The standard InChI is InChI=1S/C19H25ClFN5O4/c1-19(29)14(28)18(26-6-5-10-16(25-22-2)23-8-24-17(10)26)30-15(19)13(27)9-3-4-11(20)12(21)7-9/h3-4,7-8,10,13-15,17-18,22,27-29H,5-6H2,1-2H3,(H,23,24,25)/t10?,13-,14+,15-,17?,18-,19+/m1/s1. The van der Waals surface area contributed by atoms with Crippen molar-refractivity contribution in [3.63, 3.8) is 0 Å². The van der Waals surface area contributed by atoms with Crippen LogP contribution in [-0.4, -0.2) is 76.2 Å². The average molecular weight is 442 g/mol. The lowest BCUT2D eigenvalue weighted by Crippen LogP contribution is -2.56. The number of benzene rings is 1. The lowest BCUT2D eigenvalue weighted by molar-refractivity contribution is -0.129. The Morgan fingerprint density at radius 1 is 1.50 bits per heavy atom. The van der Waals surface area contributed by atoms with Crippen LogP contribution >= 0.6 is 11.6 Å². The minimum absolute atomic E-state index is 0.0301. The summed E-state index contributed by atoms with van der Waals surface area (Å²) in [6, 6.07) is 3.88. The first-order valence-corrected chi connectivity index (χ1v) is 10.1. The van der Waals surface area contributed by atoms with Gasteiger partial charge in [0.2, 0.25) is 0 Å². The third-order valence-electron chi connectivity index (χ3n) is 6.07. The number of halogens is 2. The van der Waals surface area contributed by atoms with Crippen LogP contribution in [0.5, 0.6) is 0 Å². The summed E-state index contributed by atoms with van der Waals surface area (Å²) >= 11 is 5.72. The van der Waals surface area contributed by atoms with Crippen LogP contribution in [0.1, 0.15) is 25.0 Å². The molecule has 2 saturated heterocycles. The molecule has 1 aromatic carbocycles. The van der Waals surface area contributed by atoms with E-state index in [0.29, 0.717) is 12.4 Å². The van der Waals surface area contributed by atoms with Gasteiger partial charge in [0.25, 0.3) is 0 Å². The number of rotatable bonds is 4. The molecular formula is C19H25ClFN5O4. The van der Waals surface area contributed by atoms with Gasteiger partial charge in [-0.25, -0.2) is 9.38 Å². The Bertz CT molecular complexity index is 869. The molecule has 9 nitrogen and oxygen atoms in total. The largest absolute Gasteiger partial charge is 0.386 e. The number of hydrazone groups is 1. The minimum atomic E-state index is -1.77. The first-order chi connectivity index (χ1) is 14.3. The Hall–Kier alpha value is -1.82. The molecule has 164 valence electrons. The van der Waals surface area contributed by atoms with Crippen LogP contribution in [0.4, 0.5) is 4.39 Å². The van der Waals surface area contributed by atoms with Crippen LogP contribution in [0.15, 0.2) is 28.3 Å². The van der Waals surface area contributed by atoms with Crippen molar-refractivity contribution in [1.82, 2.24) is 15.6 Å². The van der Waals surface area contributed by atoms with Crippen LogP contribution in [0.25, 0.3) is 0 Å². The molecule has 3 aliphatic rings. The van der Waals surface area contributed by atoms with E-state index in [2.05, 4.69) is 20.8 Å². The van der Waals surface area contributed by atoms with E-state index in [4.69, 9.17) is 16.3 Å². The normalized spacial score (nSPS) is 38.5. The number of nitrogens with one attached hydrogen (secondary N) is 2. The van der Waals surface area contributed by atoms with Gasteiger partial charge in [-0.1, -0.05) is 17.7 Å². The van der Waals surface area contributed by atoms with Gasteiger partial charge in [-0.05, 0) is 31.0 Å². The van der Waals surface area contributed by atoms with Gasteiger partial charge in [0, 0.05) is 13.6 Å². The molecule has 3 heterocycles. The first-order valence-electron chi connectivity index (χ1n) is 9.73. The molecule has 0 radical (unpaired) electrons. The highest BCUT2D eigenvalue weighted by atomic mass is 35.5. The van der Waals surface area contributed by atoms with Gasteiger partial charge in [-0.2, -0.15) is 5.10 Å². The fraction of sp³-hybridized carbons (Fsp3) is 0.579. The number of hydrogen-bond donors (Lipinski definition) is 5. The van der Waals surface area contributed by atoms with E-state index in [9.17, 15) is 19.7 Å². The summed E-state index contributed by atoms with van der Waals surface area (Å²) in [4.78, 5) is 6.14. The summed E-state index contributed by atoms with van der Waals surface area (Å²) < 4.78 is 19.8. The van der Waals surface area contributed by atoms with Crippen molar-refractivity contribution in [1.29, 1.82) is 0 Å². The van der Waals surface area contributed by atoms with Crippen LogP contribution in [0.3, 0.4) is 0 Å². The summed E-state index contributed by atoms with van der Waals surface area (Å²) in [6.45, 7) is 1.96. The molecule has 30 heavy (non-hydrogen) atoms. The maximum Gasteiger partial charge on any atom is 0.156 e. The Morgan fingerprint density at radius 2 is 2.27 bits per heavy atom. The number of amidine groups is 1. The molecule has 11 heteroatoms. The summed E-state index contributed by atoms with van der Waals surface area (Å²) in [6.07, 6.45) is -2.72. The molecule has 0 aliphatic carbocycles. The number of ether oxygens (including phenoxy) is 1. The van der Waals surface area contributed by atoms with E-state index < -0.39 is 36.0 Å². The average Bonchev–Trinajstić information content (AvgIpc) is 3.24. The van der Waals surface area contributed by atoms with Crippen molar-refractivity contribution in [3.05, 3.63) is 34.6 Å². The van der Waals surface area contributed by atoms with Gasteiger partial charge in [0.05, 0.1) is 23.4 Å². The topological polar surface area (TPSA) is 122 Å². The van der Waals surface area contributed by atoms with Gasteiger partial charge in [-0.15, -0.1) is 0 Å². The number of likely N-dealkylation sites (tertiary alicyclic amines) is 1. The van der Waals surface area contributed by atoms with E-state index in [1.165, 1.54) is 25.4 Å². The second kappa shape index (κ2) is 8.03. The maximum absolute atomic E-state index is 13.9. The Labute approximate surface area is 178 Å². The lowest BCUT2D eigenvalue weighted by Gasteiger charge is -2.35. The zero-order valence-corrected chi connectivity index (χ0v) is 17.3. The summed E-state index contributed by atoms with van der Waals surface area (Å²) in [5.74, 6) is -0.0823. The third-order valence-corrected chi connectivity index (χ3v) is 6.37. The van der Waals surface area contributed by atoms with Crippen molar-refractivity contribution >= 4 is 23.8 Å². The number of aliphatic imine (C=N–C) groups is 1. The number of nitrogens with zero attached hydrogens (tertiary/aromatic N) is 3. The number of hydrogen-bond acceptors (Lipinski definition) is 8. The van der Waals surface area contributed by atoms with Crippen molar-refractivity contribution < 1.29 is 24.4 Å². The van der Waals surface area contributed by atoms with E-state index in [-0.39, 0.29) is 22.7 Å². The van der Waals surface area contributed by atoms with Gasteiger partial charge < -0.3 is 30.8 Å². The summed E-state index contributed by atoms with van der Waals surface area (Å²) in [5.41, 5.74) is 1.16. The second-order valence-electron chi connectivity index (χ2n) is 7.93. The van der Waals surface area contributed by atoms with Crippen molar-refractivity contribution in [2.75, 3.05) is 13.6 Å². The SMILES string of the molecule is CN/N=C1/N=CNC2C1CCN2[C@@H]1O[C@H]([C@H](O)c2ccc(Cl)c(F)c2)[C@@](C)(O)[C@H]1O. The maximum atomic E-state index is 13.9. The Balaban J connectivity index is 1.57. The Morgan fingerprint density at radius 3 is 2.97 bits per heavy atom. The zero-order valence-electron chi connectivity index (χ0n) is 16.5. The highest BCUT2D eigenvalue weighted by Gasteiger charge is 2.59. The first kappa shape index (κ1) is 21.4. The molecule has 2 unspecified atom stereocenters. The third kappa shape index (κ3) is 3.47. The van der Waals surface area contributed by atoms with Gasteiger partial charge in [0.15, 0.2) is 5.84 Å². The number of fused-ring (bicyclic) bond motifs is 1. The molecule has 0 amide bonds. The van der Waals surface area contributed by atoms with Crippen molar-refractivity contribution in [2.45, 2.75) is 49.7 Å². The molecule has 2 fully saturated rings. The van der Waals surface area contributed by atoms with Crippen molar-refractivity contribution in [2.24, 2.45) is 16.0 Å². The molecule has 1 aromatic rings. The lowest BCUT2D eigenvalue weighted by atomic mass is 9.88. The molecule has 0 aromatic heterocycles. The predicted octanol–water partition coefficient (Wildman–Crippen LogP) is 0.162. The predicted molar refractivity (Wildman–Crippen MR) is 108 cm³/mol. The van der Waals surface area contributed by atoms with E-state index in [1.807, 2.05) is 4.90 Å². The van der Waals surface area contributed by atoms with Crippen LogP contribution in [-0.2, 0) is 4.74 Å². The molecule has 3 aliphatic heterocycles. The molecule has 0 spiro atoms. The fourth-order valence-electron chi connectivity index (χ4n) is 4.43. The second-order valence-corrected chi connectivity index (χ2v) is 8.34. The quantitative estimate of drug-likeness (QED) is 0.422. The molecule has 0 bridgehead atoms. The highest BCUT2D eigenvalue weighted by Crippen LogP contribution is 2.42. The zero-order chi connectivity index (χ0) is 21.6.